The van der Waals surface area contributed by atoms with Gasteiger partial charge in [-0.3, -0.25) is 4.98 Å². The first-order valence-corrected chi connectivity index (χ1v) is 8.35. The molecule has 3 rings (SSSR count). The van der Waals surface area contributed by atoms with Crippen molar-refractivity contribution in [3.8, 4) is 11.4 Å². The maximum Gasteiger partial charge on any atom is 0.0867 e. The average Bonchev–Trinajstić information content (AvgIpc) is 2.87. The smallest absolute Gasteiger partial charge is 0.0867 e. The summed E-state index contributed by atoms with van der Waals surface area (Å²) in [7, 11) is 0. The third-order valence-electron chi connectivity index (χ3n) is 4.39. The van der Waals surface area contributed by atoms with E-state index in [9.17, 15) is 0 Å². The number of fused-ring (bicyclic) bond motifs is 1. The van der Waals surface area contributed by atoms with E-state index in [1.165, 1.54) is 33.2 Å². The predicted molar refractivity (Wildman–Crippen MR) is 97.7 cm³/mol. The number of nitrogens with zero attached hydrogens (tertiary/aromatic N) is 1. The van der Waals surface area contributed by atoms with Crippen LogP contribution < -0.4 is 5.73 Å². The Balaban J connectivity index is 2.16. The molecule has 0 amide bonds. The number of rotatable bonds is 5. The van der Waals surface area contributed by atoms with Crippen molar-refractivity contribution in [2.75, 3.05) is 6.54 Å². The van der Waals surface area contributed by atoms with E-state index in [-0.39, 0.29) is 0 Å². The summed E-state index contributed by atoms with van der Waals surface area (Å²) >= 11 is 0. The van der Waals surface area contributed by atoms with Gasteiger partial charge in [-0.25, -0.2) is 0 Å². The second-order valence-electron chi connectivity index (χ2n) is 6.45. The number of nitrogens with one attached hydrogen (secondary N) is 1. The highest BCUT2D eigenvalue weighted by molar-refractivity contribution is 5.93. The molecule has 0 radical (unpaired) electrons. The van der Waals surface area contributed by atoms with Gasteiger partial charge in [0.2, 0.25) is 0 Å². The highest BCUT2D eigenvalue weighted by atomic mass is 14.8. The molecular weight excluding hydrogens is 282 g/mol. The van der Waals surface area contributed by atoms with Crippen LogP contribution in [0.1, 0.15) is 35.1 Å². The SMILES string of the molecule is Cc1ccc(-c2[nH]c3cc(C)cc(C)c3c2CCCCN)nc1. The van der Waals surface area contributed by atoms with Crippen LogP contribution >= 0.6 is 0 Å². The number of nitrogens with two attached hydrogens (primary N) is 1. The molecule has 0 aliphatic heterocycles. The van der Waals surface area contributed by atoms with Gasteiger partial charge in [0.15, 0.2) is 0 Å². The van der Waals surface area contributed by atoms with Crippen LogP contribution in [-0.4, -0.2) is 16.5 Å². The normalized spacial score (nSPS) is 11.3. The predicted octanol–water partition coefficient (Wildman–Crippen LogP) is 4.44. The van der Waals surface area contributed by atoms with Gasteiger partial charge >= 0.3 is 0 Å². The monoisotopic (exact) mass is 307 g/mol. The minimum absolute atomic E-state index is 0.749. The van der Waals surface area contributed by atoms with Crippen LogP contribution in [0.3, 0.4) is 0 Å². The molecule has 0 bridgehead atoms. The third-order valence-corrected chi connectivity index (χ3v) is 4.39. The summed E-state index contributed by atoms with van der Waals surface area (Å²) in [6, 6.07) is 8.71. The van der Waals surface area contributed by atoms with E-state index in [0.717, 1.165) is 37.2 Å². The topological polar surface area (TPSA) is 54.7 Å². The molecule has 2 heterocycles. The maximum atomic E-state index is 5.68. The van der Waals surface area contributed by atoms with Crippen LogP contribution in [0, 0.1) is 20.8 Å². The molecule has 0 saturated heterocycles. The van der Waals surface area contributed by atoms with E-state index in [0.29, 0.717) is 0 Å². The summed E-state index contributed by atoms with van der Waals surface area (Å²) in [5.74, 6) is 0. The molecule has 120 valence electrons. The number of pyridine rings is 1. The third kappa shape index (κ3) is 3.15. The molecular formula is C20H25N3. The van der Waals surface area contributed by atoms with E-state index >= 15 is 0 Å². The van der Waals surface area contributed by atoms with Gasteiger partial charge in [0.1, 0.15) is 0 Å². The lowest BCUT2D eigenvalue weighted by molar-refractivity contribution is 0.748. The number of aromatic amines is 1. The van der Waals surface area contributed by atoms with Crippen LogP contribution in [0.2, 0.25) is 0 Å². The minimum atomic E-state index is 0.749. The Morgan fingerprint density at radius 1 is 1.04 bits per heavy atom. The molecule has 0 aliphatic carbocycles. The lowest BCUT2D eigenvalue weighted by Crippen LogP contribution is -1.99. The number of aryl methyl sites for hydroxylation is 4. The zero-order valence-corrected chi connectivity index (χ0v) is 14.2. The van der Waals surface area contributed by atoms with Crippen molar-refractivity contribution < 1.29 is 0 Å². The van der Waals surface area contributed by atoms with Crippen molar-refractivity contribution in [2.24, 2.45) is 5.73 Å². The number of aromatic nitrogens is 2. The summed E-state index contributed by atoms with van der Waals surface area (Å²) in [6.07, 6.45) is 5.13. The van der Waals surface area contributed by atoms with Gasteiger partial charge in [0.25, 0.3) is 0 Å². The first kappa shape index (κ1) is 15.8. The van der Waals surface area contributed by atoms with Crippen molar-refractivity contribution in [1.29, 1.82) is 0 Å². The average molecular weight is 307 g/mol. The lowest BCUT2D eigenvalue weighted by Gasteiger charge is -2.06. The Morgan fingerprint density at radius 2 is 1.87 bits per heavy atom. The Kier molecular flexibility index (Phi) is 4.49. The van der Waals surface area contributed by atoms with Crippen LogP contribution in [0.15, 0.2) is 30.5 Å². The highest BCUT2D eigenvalue weighted by Gasteiger charge is 2.15. The van der Waals surface area contributed by atoms with Gasteiger partial charge in [-0.15, -0.1) is 0 Å². The van der Waals surface area contributed by atoms with Gasteiger partial charge in [0, 0.05) is 17.1 Å². The fourth-order valence-electron chi connectivity index (χ4n) is 3.33. The second kappa shape index (κ2) is 6.55. The van der Waals surface area contributed by atoms with Gasteiger partial charge in [-0.1, -0.05) is 12.1 Å². The van der Waals surface area contributed by atoms with E-state index in [1.54, 1.807) is 0 Å². The van der Waals surface area contributed by atoms with Crippen molar-refractivity contribution >= 4 is 10.9 Å². The molecule has 23 heavy (non-hydrogen) atoms. The van der Waals surface area contributed by atoms with Crippen molar-refractivity contribution in [3.05, 3.63) is 52.7 Å². The Morgan fingerprint density at radius 3 is 2.57 bits per heavy atom. The first-order chi connectivity index (χ1) is 11.1. The molecule has 3 heteroatoms. The number of unbranched alkanes of at least 4 members (excludes halogenated alkanes) is 1. The molecule has 3 aromatic rings. The number of benzene rings is 1. The Bertz CT molecular complexity index is 813. The van der Waals surface area contributed by atoms with Crippen molar-refractivity contribution in [2.45, 2.75) is 40.0 Å². The fourth-order valence-corrected chi connectivity index (χ4v) is 3.33. The van der Waals surface area contributed by atoms with E-state index in [4.69, 9.17) is 5.73 Å². The van der Waals surface area contributed by atoms with Crippen LogP contribution in [0.4, 0.5) is 0 Å². The van der Waals surface area contributed by atoms with Gasteiger partial charge in [-0.2, -0.15) is 0 Å². The molecule has 0 fully saturated rings. The van der Waals surface area contributed by atoms with Crippen molar-refractivity contribution in [3.63, 3.8) is 0 Å². The quantitative estimate of drug-likeness (QED) is 0.685. The zero-order chi connectivity index (χ0) is 16.4. The number of hydrogen-bond donors (Lipinski definition) is 2. The Hall–Kier alpha value is -2.13. The molecule has 0 saturated carbocycles. The van der Waals surface area contributed by atoms with E-state index in [2.05, 4.69) is 55.0 Å². The first-order valence-electron chi connectivity index (χ1n) is 8.35. The standard InChI is InChI=1S/C20H25N3/c1-13-7-8-17(22-12-13)20-16(6-4-5-9-21)19-15(3)10-14(2)11-18(19)23-20/h7-8,10-12,23H,4-6,9,21H2,1-3H3. The Labute approximate surface area is 137 Å². The van der Waals surface area contributed by atoms with Gasteiger partial charge in [-0.05, 0) is 81.0 Å². The highest BCUT2D eigenvalue weighted by Crippen LogP contribution is 2.33. The second-order valence-corrected chi connectivity index (χ2v) is 6.45. The van der Waals surface area contributed by atoms with Crippen LogP contribution in [-0.2, 0) is 6.42 Å². The molecule has 0 aliphatic rings. The summed E-state index contributed by atoms with van der Waals surface area (Å²) in [6.45, 7) is 7.16. The molecule has 1 aromatic carbocycles. The van der Waals surface area contributed by atoms with Gasteiger partial charge < -0.3 is 10.7 Å². The molecule has 2 aromatic heterocycles. The molecule has 3 nitrogen and oxygen atoms in total. The maximum absolute atomic E-state index is 5.68. The van der Waals surface area contributed by atoms with E-state index in [1.807, 2.05) is 6.20 Å². The summed E-state index contributed by atoms with van der Waals surface area (Å²) in [5.41, 5.74) is 14.2. The molecule has 3 N–H and O–H groups in total. The lowest BCUT2D eigenvalue weighted by atomic mass is 9.98. The summed E-state index contributed by atoms with van der Waals surface area (Å²) < 4.78 is 0. The zero-order valence-electron chi connectivity index (χ0n) is 14.2. The number of hydrogen-bond acceptors (Lipinski definition) is 2. The molecule has 0 unspecified atom stereocenters. The molecule has 0 atom stereocenters. The van der Waals surface area contributed by atoms with Gasteiger partial charge in [0.05, 0.1) is 11.4 Å². The van der Waals surface area contributed by atoms with Crippen LogP contribution in [0.5, 0.6) is 0 Å². The van der Waals surface area contributed by atoms with Crippen molar-refractivity contribution in [1.82, 2.24) is 9.97 Å². The van der Waals surface area contributed by atoms with E-state index < -0.39 is 0 Å². The fraction of sp³-hybridized carbons (Fsp3) is 0.350. The van der Waals surface area contributed by atoms with Crippen LogP contribution in [0.25, 0.3) is 22.3 Å². The largest absolute Gasteiger partial charge is 0.353 e. The molecule has 0 spiro atoms. The summed E-state index contributed by atoms with van der Waals surface area (Å²) in [4.78, 5) is 8.24. The number of H-pyrrole nitrogens is 1. The minimum Gasteiger partial charge on any atom is -0.353 e. The summed E-state index contributed by atoms with van der Waals surface area (Å²) in [5, 5.41) is 1.35.